The molecule has 0 spiro atoms. The largest absolute Gasteiger partial charge is 0.465 e. The molecule has 3 atom stereocenters. The molecule has 2 aliphatic rings. The van der Waals surface area contributed by atoms with Crippen LogP contribution in [0.1, 0.15) is 48.9 Å². The molecule has 0 bridgehead atoms. The van der Waals surface area contributed by atoms with Gasteiger partial charge in [-0.25, -0.2) is 0 Å². The van der Waals surface area contributed by atoms with Crippen LogP contribution in [0.3, 0.4) is 0 Å². The lowest BCUT2D eigenvalue weighted by Crippen LogP contribution is -2.55. The maximum Gasteiger partial charge on any atom is 0.320 e. The van der Waals surface area contributed by atoms with Gasteiger partial charge < -0.3 is 19.3 Å². The van der Waals surface area contributed by atoms with Crippen LogP contribution in [0.25, 0.3) is 0 Å². The van der Waals surface area contributed by atoms with Crippen molar-refractivity contribution in [2.24, 2.45) is 0 Å². The van der Waals surface area contributed by atoms with E-state index in [1.807, 2.05) is 0 Å². The monoisotopic (exact) mass is 365 g/mol. The third-order valence-electron chi connectivity index (χ3n) is 5.53. The average molecular weight is 365 g/mol. The number of rotatable bonds is 6. The van der Waals surface area contributed by atoms with Crippen LogP contribution in [-0.2, 0) is 14.3 Å². The molecule has 1 aliphatic carbocycles. The number of aryl methyl sites for hydroxylation is 1. The van der Waals surface area contributed by atoms with Gasteiger partial charge in [-0.15, -0.1) is 0 Å². The number of aromatic nitrogens is 1. The smallest absolute Gasteiger partial charge is 0.320 e. The van der Waals surface area contributed by atoms with Crippen molar-refractivity contribution in [3.05, 3.63) is 17.5 Å². The molecule has 26 heavy (non-hydrogen) atoms. The second kappa shape index (κ2) is 7.75. The van der Waals surface area contributed by atoms with Gasteiger partial charge in [0.2, 0.25) is 5.76 Å². The Kier molecular flexibility index (Phi) is 5.62. The van der Waals surface area contributed by atoms with Gasteiger partial charge in [-0.1, -0.05) is 5.16 Å². The number of amides is 1. The van der Waals surface area contributed by atoms with Gasteiger partial charge in [0.1, 0.15) is 0 Å². The summed E-state index contributed by atoms with van der Waals surface area (Å²) in [6.07, 6.45) is 3.28. The lowest BCUT2D eigenvalue weighted by molar-refractivity contribution is -0.146. The van der Waals surface area contributed by atoms with E-state index in [1.165, 1.54) is 0 Å². The lowest BCUT2D eigenvalue weighted by Gasteiger charge is -2.43. The van der Waals surface area contributed by atoms with Gasteiger partial charge in [0.15, 0.2) is 0 Å². The molecule has 2 fully saturated rings. The molecule has 2 heterocycles. The Labute approximate surface area is 153 Å². The molecule has 1 aromatic heterocycles. The highest BCUT2D eigenvalue weighted by Crippen LogP contribution is 2.42. The van der Waals surface area contributed by atoms with E-state index in [-0.39, 0.29) is 41.9 Å². The van der Waals surface area contributed by atoms with Crippen LogP contribution >= 0.6 is 0 Å². The highest BCUT2D eigenvalue weighted by Gasteiger charge is 2.51. The number of nitrogens with zero attached hydrogens (tertiary/aromatic N) is 2. The molecule has 1 saturated carbocycles. The first kappa shape index (κ1) is 18.8. The van der Waals surface area contributed by atoms with E-state index in [0.717, 1.165) is 32.2 Å². The predicted octanol–water partition coefficient (Wildman–Crippen LogP) is 1.29. The number of hydrogen-bond donors (Lipinski definition) is 1. The Morgan fingerprint density at radius 3 is 2.92 bits per heavy atom. The summed E-state index contributed by atoms with van der Waals surface area (Å²) in [5, 5.41) is 6.79. The van der Waals surface area contributed by atoms with Crippen LogP contribution in [0.4, 0.5) is 0 Å². The highest BCUT2D eigenvalue weighted by atomic mass is 16.5. The van der Waals surface area contributed by atoms with Crippen LogP contribution < -0.4 is 5.32 Å². The number of carbonyl (C=O) groups excluding carboxylic acids is 2. The SMILES string of the molecule is CCOC(=O)CN1CC[C@]2(OC)CC[C@@H](NC(=O)c3cc(C)no3)C[C@H]12. The number of carbonyl (C=O) groups is 2. The standard InChI is InChI=1S/C18H27N3O5/c1-4-25-16(22)11-21-8-7-18(24-3)6-5-13(10-15(18)21)19-17(23)14-9-12(2)20-26-14/h9,13,15H,4-8,10-11H2,1-3H3,(H,19,23)/t13-,15+,18-/m1/s1. The van der Waals surface area contributed by atoms with Crippen molar-refractivity contribution in [1.29, 1.82) is 0 Å². The Morgan fingerprint density at radius 2 is 2.27 bits per heavy atom. The van der Waals surface area contributed by atoms with Crippen molar-refractivity contribution >= 4 is 11.9 Å². The normalized spacial score (nSPS) is 28.6. The summed E-state index contributed by atoms with van der Waals surface area (Å²) in [7, 11) is 1.73. The number of fused-ring (bicyclic) bond motifs is 1. The third-order valence-corrected chi connectivity index (χ3v) is 5.53. The van der Waals surface area contributed by atoms with Gasteiger partial charge in [0, 0.05) is 31.8 Å². The maximum atomic E-state index is 12.3. The van der Waals surface area contributed by atoms with Crippen molar-refractivity contribution in [1.82, 2.24) is 15.4 Å². The molecule has 0 aromatic carbocycles. The first-order chi connectivity index (χ1) is 12.5. The van der Waals surface area contributed by atoms with E-state index in [2.05, 4.69) is 15.4 Å². The predicted molar refractivity (Wildman–Crippen MR) is 92.7 cm³/mol. The zero-order valence-corrected chi connectivity index (χ0v) is 15.6. The summed E-state index contributed by atoms with van der Waals surface area (Å²) in [6.45, 7) is 5.01. The Bertz CT molecular complexity index is 661. The van der Waals surface area contributed by atoms with E-state index in [4.69, 9.17) is 14.0 Å². The van der Waals surface area contributed by atoms with Gasteiger partial charge >= 0.3 is 5.97 Å². The number of hydrogen-bond acceptors (Lipinski definition) is 7. The fourth-order valence-electron chi connectivity index (χ4n) is 4.21. The van der Waals surface area contributed by atoms with Crippen LogP contribution in [0.15, 0.2) is 10.6 Å². The summed E-state index contributed by atoms with van der Waals surface area (Å²) in [6, 6.07) is 1.71. The number of nitrogens with one attached hydrogen (secondary N) is 1. The molecule has 3 rings (SSSR count). The second-order valence-electron chi connectivity index (χ2n) is 7.09. The van der Waals surface area contributed by atoms with E-state index >= 15 is 0 Å². The molecule has 1 aliphatic heterocycles. The molecule has 144 valence electrons. The first-order valence-corrected chi connectivity index (χ1v) is 9.16. The van der Waals surface area contributed by atoms with E-state index in [9.17, 15) is 9.59 Å². The molecule has 1 N–H and O–H groups in total. The minimum Gasteiger partial charge on any atom is -0.465 e. The van der Waals surface area contributed by atoms with Gasteiger partial charge in [0.25, 0.3) is 5.91 Å². The Hall–Kier alpha value is -1.93. The fourth-order valence-corrected chi connectivity index (χ4v) is 4.21. The minimum absolute atomic E-state index is 0.00368. The van der Waals surface area contributed by atoms with E-state index in [1.54, 1.807) is 27.0 Å². The highest BCUT2D eigenvalue weighted by molar-refractivity contribution is 5.91. The van der Waals surface area contributed by atoms with Crippen molar-refractivity contribution in [3.63, 3.8) is 0 Å². The topological polar surface area (TPSA) is 93.9 Å². The number of likely N-dealkylation sites (tertiary alicyclic amines) is 1. The van der Waals surface area contributed by atoms with Crippen molar-refractivity contribution < 1.29 is 23.6 Å². The number of ether oxygens (including phenoxy) is 2. The van der Waals surface area contributed by atoms with Gasteiger partial charge in [-0.05, 0) is 39.5 Å². The average Bonchev–Trinajstić information content (AvgIpc) is 3.20. The Balaban J connectivity index is 1.65. The zero-order valence-electron chi connectivity index (χ0n) is 15.6. The summed E-state index contributed by atoms with van der Waals surface area (Å²) >= 11 is 0. The molecule has 8 heteroatoms. The van der Waals surface area contributed by atoms with Crippen LogP contribution in [-0.4, -0.2) is 66.4 Å². The van der Waals surface area contributed by atoms with Crippen LogP contribution in [0.5, 0.6) is 0 Å². The number of methoxy groups -OCH3 is 1. The molecule has 1 aromatic rings. The molecule has 8 nitrogen and oxygen atoms in total. The second-order valence-corrected chi connectivity index (χ2v) is 7.09. The van der Waals surface area contributed by atoms with Crippen LogP contribution in [0, 0.1) is 6.92 Å². The van der Waals surface area contributed by atoms with Crippen LogP contribution in [0.2, 0.25) is 0 Å². The molecule has 1 saturated heterocycles. The molecule has 0 unspecified atom stereocenters. The first-order valence-electron chi connectivity index (χ1n) is 9.16. The van der Waals surface area contributed by atoms with Gasteiger partial charge in [0.05, 0.1) is 24.4 Å². The van der Waals surface area contributed by atoms with Crippen molar-refractivity contribution in [2.75, 3.05) is 26.8 Å². The molecular weight excluding hydrogens is 338 g/mol. The molecule has 1 amide bonds. The van der Waals surface area contributed by atoms with E-state index in [0.29, 0.717) is 12.3 Å². The summed E-state index contributed by atoms with van der Waals surface area (Å²) in [5.41, 5.74) is 0.421. The zero-order chi connectivity index (χ0) is 18.7. The van der Waals surface area contributed by atoms with Crippen molar-refractivity contribution in [2.45, 2.75) is 57.2 Å². The minimum atomic E-state index is -0.254. The quantitative estimate of drug-likeness (QED) is 0.759. The summed E-state index contributed by atoms with van der Waals surface area (Å²) in [5.74, 6) is -0.251. The Morgan fingerprint density at radius 1 is 1.46 bits per heavy atom. The van der Waals surface area contributed by atoms with Crippen molar-refractivity contribution in [3.8, 4) is 0 Å². The lowest BCUT2D eigenvalue weighted by atomic mass is 9.78. The summed E-state index contributed by atoms with van der Waals surface area (Å²) < 4.78 is 16.0. The fraction of sp³-hybridized carbons (Fsp3) is 0.722. The molecule has 0 radical (unpaired) electrons. The maximum absolute atomic E-state index is 12.3. The molecular formula is C18H27N3O5. The third kappa shape index (κ3) is 3.76. The van der Waals surface area contributed by atoms with Gasteiger partial charge in [-0.2, -0.15) is 0 Å². The van der Waals surface area contributed by atoms with E-state index < -0.39 is 0 Å². The van der Waals surface area contributed by atoms with Gasteiger partial charge in [-0.3, -0.25) is 14.5 Å². The number of esters is 1. The summed E-state index contributed by atoms with van der Waals surface area (Å²) in [4.78, 5) is 26.4.